The average molecular weight is 367 g/mol. The first kappa shape index (κ1) is 21.0. The van der Waals surface area contributed by atoms with Gasteiger partial charge in [0.2, 0.25) is 0 Å². The number of anilines is 1. The van der Waals surface area contributed by atoms with Crippen molar-refractivity contribution in [2.24, 2.45) is 0 Å². The second-order valence-corrected chi connectivity index (χ2v) is 7.14. The monoisotopic (exact) mass is 366 g/mol. The van der Waals surface area contributed by atoms with Gasteiger partial charge in [-0.3, -0.25) is 0 Å². The Hall–Kier alpha value is -2.29. The molecule has 146 valence electrons. The van der Waals surface area contributed by atoms with E-state index in [-0.39, 0.29) is 6.03 Å². The quantitative estimate of drug-likeness (QED) is 0.426. The fourth-order valence-electron chi connectivity index (χ4n) is 3.22. The third-order valence-electron chi connectivity index (χ3n) is 4.83. The van der Waals surface area contributed by atoms with Crippen molar-refractivity contribution in [2.45, 2.75) is 58.3 Å². The Morgan fingerprint density at radius 1 is 0.778 bits per heavy atom. The van der Waals surface area contributed by atoms with Gasteiger partial charge in [0.05, 0.1) is 0 Å². The molecule has 0 unspecified atom stereocenters. The summed E-state index contributed by atoms with van der Waals surface area (Å²) in [5, 5.41) is 3.04. The highest BCUT2D eigenvalue weighted by Crippen LogP contribution is 2.11. The molecule has 1 N–H and O–H groups in total. The van der Waals surface area contributed by atoms with Crippen LogP contribution < -0.4 is 5.32 Å². The summed E-state index contributed by atoms with van der Waals surface area (Å²) in [7, 11) is 0. The van der Waals surface area contributed by atoms with E-state index in [9.17, 15) is 4.79 Å². The van der Waals surface area contributed by atoms with Crippen LogP contribution in [0.25, 0.3) is 0 Å². The maximum Gasteiger partial charge on any atom is 0.321 e. The summed E-state index contributed by atoms with van der Waals surface area (Å²) in [5.41, 5.74) is 2.24. The minimum atomic E-state index is 0.0244. The van der Waals surface area contributed by atoms with Crippen LogP contribution in [0.4, 0.5) is 10.5 Å². The Kier molecular flexibility index (Phi) is 10.1. The van der Waals surface area contributed by atoms with E-state index in [2.05, 4.69) is 42.6 Å². The molecule has 0 radical (unpaired) electrons. The fraction of sp³-hybridized carbons (Fsp3) is 0.458. The molecule has 0 heterocycles. The smallest absolute Gasteiger partial charge is 0.321 e. The van der Waals surface area contributed by atoms with Crippen LogP contribution in [0.2, 0.25) is 0 Å². The van der Waals surface area contributed by atoms with Gasteiger partial charge in [0.15, 0.2) is 0 Å². The van der Waals surface area contributed by atoms with Crippen LogP contribution in [0.5, 0.6) is 0 Å². The number of hydrogen-bond acceptors (Lipinski definition) is 1. The SMILES string of the molecule is CCCCCCCN(CCCCc1ccccc1)C(=O)Nc1ccccc1. The largest absolute Gasteiger partial charge is 0.325 e. The topological polar surface area (TPSA) is 32.3 Å². The predicted molar refractivity (Wildman–Crippen MR) is 115 cm³/mol. The summed E-state index contributed by atoms with van der Waals surface area (Å²) in [6, 6.07) is 20.3. The van der Waals surface area contributed by atoms with Gasteiger partial charge in [0, 0.05) is 18.8 Å². The molecule has 0 aromatic heterocycles. The number of para-hydroxylation sites is 1. The van der Waals surface area contributed by atoms with Crippen molar-refractivity contribution < 1.29 is 4.79 Å². The van der Waals surface area contributed by atoms with Gasteiger partial charge in [0.1, 0.15) is 0 Å². The van der Waals surface area contributed by atoms with Gasteiger partial charge in [-0.05, 0) is 43.4 Å². The van der Waals surface area contributed by atoms with Crippen LogP contribution in [0.15, 0.2) is 60.7 Å². The van der Waals surface area contributed by atoms with E-state index in [4.69, 9.17) is 0 Å². The number of aryl methyl sites for hydroxylation is 1. The van der Waals surface area contributed by atoms with Gasteiger partial charge in [-0.1, -0.05) is 81.1 Å². The van der Waals surface area contributed by atoms with Gasteiger partial charge in [-0.25, -0.2) is 4.79 Å². The first-order chi connectivity index (χ1) is 13.3. The summed E-state index contributed by atoms with van der Waals surface area (Å²) in [4.78, 5) is 14.7. The van der Waals surface area contributed by atoms with Gasteiger partial charge < -0.3 is 10.2 Å². The zero-order valence-corrected chi connectivity index (χ0v) is 16.7. The molecular weight excluding hydrogens is 332 g/mol. The minimum Gasteiger partial charge on any atom is -0.325 e. The van der Waals surface area contributed by atoms with Crippen molar-refractivity contribution in [1.29, 1.82) is 0 Å². The maximum absolute atomic E-state index is 12.7. The number of rotatable bonds is 12. The number of nitrogens with zero attached hydrogens (tertiary/aromatic N) is 1. The van der Waals surface area contributed by atoms with E-state index in [0.29, 0.717) is 0 Å². The Morgan fingerprint density at radius 3 is 2.04 bits per heavy atom. The summed E-state index contributed by atoms with van der Waals surface area (Å²) in [6.45, 7) is 3.89. The summed E-state index contributed by atoms with van der Waals surface area (Å²) in [5.74, 6) is 0. The molecule has 0 aliphatic carbocycles. The predicted octanol–water partition coefficient (Wildman–Crippen LogP) is 6.51. The van der Waals surface area contributed by atoms with E-state index < -0.39 is 0 Å². The molecule has 3 heteroatoms. The van der Waals surface area contributed by atoms with E-state index in [1.807, 2.05) is 35.2 Å². The number of nitrogens with one attached hydrogen (secondary N) is 1. The molecular formula is C24H34N2O. The number of hydrogen-bond donors (Lipinski definition) is 1. The van der Waals surface area contributed by atoms with Crippen molar-refractivity contribution >= 4 is 11.7 Å². The molecule has 0 aliphatic heterocycles. The number of unbranched alkanes of at least 4 members (excludes halogenated alkanes) is 5. The number of carbonyl (C=O) groups is 1. The van der Waals surface area contributed by atoms with Crippen LogP contribution in [-0.4, -0.2) is 24.0 Å². The molecule has 0 saturated heterocycles. The van der Waals surface area contributed by atoms with Crippen LogP contribution >= 0.6 is 0 Å². The number of urea groups is 1. The molecule has 0 saturated carbocycles. The molecule has 3 nitrogen and oxygen atoms in total. The molecule has 0 fully saturated rings. The van der Waals surface area contributed by atoms with Crippen molar-refractivity contribution in [3.8, 4) is 0 Å². The highest BCUT2D eigenvalue weighted by Gasteiger charge is 2.13. The summed E-state index contributed by atoms with van der Waals surface area (Å²) in [6.07, 6.45) is 9.30. The number of benzene rings is 2. The Balaban J connectivity index is 1.79. The molecule has 2 amide bonds. The Morgan fingerprint density at radius 2 is 1.37 bits per heavy atom. The molecule has 2 rings (SSSR count). The molecule has 0 bridgehead atoms. The van der Waals surface area contributed by atoms with Gasteiger partial charge >= 0.3 is 6.03 Å². The average Bonchev–Trinajstić information content (AvgIpc) is 2.71. The van der Waals surface area contributed by atoms with Crippen LogP contribution in [0.3, 0.4) is 0 Å². The second-order valence-electron chi connectivity index (χ2n) is 7.14. The third-order valence-corrected chi connectivity index (χ3v) is 4.83. The van der Waals surface area contributed by atoms with E-state index in [1.54, 1.807) is 0 Å². The lowest BCUT2D eigenvalue weighted by molar-refractivity contribution is 0.209. The first-order valence-corrected chi connectivity index (χ1v) is 10.4. The van der Waals surface area contributed by atoms with Gasteiger partial charge in [-0.15, -0.1) is 0 Å². The maximum atomic E-state index is 12.7. The molecule has 0 spiro atoms. The zero-order valence-electron chi connectivity index (χ0n) is 16.7. The van der Waals surface area contributed by atoms with E-state index in [1.165, 1.54) is 31.2 Å². The van der Waals surface area contributed by atoms with Gasteiger partial charge in [0.25, 0.3) is 0 Å². The molecule has 0 aliphatic rings. The van der Waals surface area contributed by atoms with E-state index in [0.717, 1.165) is 44.5 Å². The van der Waals surface area contributed by atoms with E-state index >= 15 is 0 Å². The second kappa shape index (κ2) is 13.0. The van der Waals surface area contributed by atoms with Crippen molar-refractivity contribution in [2.75, 3.05) is 18.4 Å². The molecule has 2 aromatic carbocycles. The van der Waals surface area contributed by atoms with Crippen LogP contribution in [-0.2, 0) is 6.42 Å². The Labute approximate surface area is 164 Å². The van der Waals surface area contributed by atoms with Crippen molar-refractivity contribution in [1.82, 2.24) is 4.90 Å². The summed E-state index contributed by atoms with van der Waals surface area (Å²) < 4.78 is 0. The lowest BCUT2D eigenvalue weighted by Crippen LogP contribution is -2.36. The lowest BCUT2D eigenvalue weighted by Gasteiger charge is -2.23. The first-order valence-electron chi connectivity index (χ1n) is 10.4. The molecule has 0 atom stereocenters. The number of carbonyl (C=O) groups excluding carboxylic acids is 1. The number of amides is 2. The lowest BCUT2D eigenvalue weighted by atomic mass is 10.1. The molecule has 2 aromatic rings. The van der Waals surface area contributed by atoms with Crippen molar-refractivity contribution in [3.05, 3.63) is 66.2 Å². The molecule has 27 heavy (non-hydrogen) atoms. The van der Waals surface area contributed by atoms with Crippen LogP contribution in [0, 0.1) is 0 Å². The third kappa shape index (κ3) is 8.76. The van der Waals surface area contributed by atoms with Crippen molar-refractivity contribution in [3.63, 3.8) is 0 Å². The van der Waals surface area contributed by atoms with Gasteiger partial charge in [-0.2, -0.15) is 0 Å². The summed E-state index contributed by atoms with van der Waals surface area (Å²) >= 11 is 0. The Bertz CT molecular complexity index is 627. The zero-order chi connectivity index (χ0) is 19.2. The standard InChI is InChI=1S/C24H34N2O/c1-2-3-4-5-13-20-26(24(27)25-23-18-10-7-11-19-23)21-14-12-17-22-15-8-6-9-16-22/h6-11,15-16,18-19H,2-5,12-14,17,20-21H2,1H3,(H,25,27). The van der Waals surface area contributed by atoms with Crippen LogP contribution in [0.1, 0.15) is 57.4 Å². The normalized spacial score (nSPS) is 10.6. The highest BCUT2D eigenvalue weighted by atomic mass is 16.2. The fourth-order valence-corrected chi connectivity index (χ4v) is 3.22. The minimum absolute atomic E-state index is 0.0244. The highest BCUT2D eigenvalue weighted by molar-refractivity contribution is 5.89.